The summed E-state index contributed by atoms with van der Waals surface area (Å²) in [6, 6.07) is 11.7. The summed E-state index contributed by atoms with van der Waals surface area (Å²) in [6.07, 6.45) is 0. The van der Waals surface area contributed by atoms with E-state index in [0.29, 0.717) is 16.9 Å². The first-order chi connectivity index (χ1) is 12.7. The highest BCUT2D eigenvalue weighted by atomic mass is 32.2. The molecule has 0 unspecified atom stereocenters. The van der Waals surface area contributed by atoms with Crippen molar-refractivity contribution in [3.63, 3.8) is 0 Å². The summed E-state index contributed by atoms with van der Waals surface area (Å²) < 4.78 is 26.6. The number of fused-ring (bicyclic) bond motifs is 1. The summed E-state index contributed by atoms with van der Waals surface area (Å²) in [6.45, 7) is 3.34. The molecule has 0 bridgehead atoms. The molecule has 1 atom stereocenters. The van der Waals surface area contributed by atoms with Crippen molar-refractivity contribution in [1.82, 2.24) is 4.31 Å². The molecular formula is C19H21N3O4S. The lowest BCUT2D eigenvalue weighted by Crippen LogP contribution is -2.35. The maximum absolute atomic E-state index is 12.8. The van der Waals surface area contributed by atoms with Crippen LogP contribution in [0.3, 0.4) is 0 Å². The molecule has 0 radical (unpaired) electrons. The number of carbonyl (C=O) groups is 2. The Labute approximate surface area is 158 Å². The Morgan fingerprint density at radius 1 is 1.19 bits per heavy atom. The molecule has 0 aromatic heterocycles. The number of aryl methyl sites for hydroxylation is 1. The zero-order chi connectivity index (χ0) is 19.8. The third-order valence-corrected chi connectivity index (χ3v) is 6.35. The third kappa shape index (κ3) is 3.86. The van der Waals surface area contributed by atoms with Crippen LogP contribution in [0.25, 0.3) is 0 Å². The van der Waals surface area contributed by atoms with Crippen LogP contribution in [0, 0.1) is 6.92 Å². The van der Waals surface area contributed by atoms with Gasteiger partial charge in [-0.1, -0.05) is 17.7 Å². The van der Waals surface area contributed by atoms with E-state index in [4.69, 9.17) is 0 Å². The van der Waals surface area contributed by atoms with Gasteiger partial charge in [0, 0.05) is 18.4 Å². The number of amides is 2. The molecule has 142 valence electrons. The minimum atomic E-state index is -3.86. The molecule has 1 aliphatic heterocycles. The summed E-state index contributed by atoms with van der Waals surface area (Å²) >= 11 is 0. The van der Waals surface area contributed by atoms with Crippen molar-refractivity contribution in [3.8, 4) is 0 Å². The van der Waals surface area contributed by atoms with Gasteiger partial charge in [0.15, 0.2) is 0 Å². The Kier molecular flexibility index (Phi) is 5.03. The molecule has 2 aromatic rings. The van der Waals surface area contributed by atoms with Crippen molar-refractivity contribution in [2.45, 2.75) is 24.7 Å². The lowest BCUT2D eigenvalue weighted by molar-refractivity contribution is -0.117. The molecule has 2 amide bonds. The number of nitrogens with one attached hydrogen (secondary N) is 2. The topological polar surface area (TPSA) is 95.6 Å². The number of benzene rings is 2. The van der Waals surface area contributed by atoms with Gasteiger partial charge in [-0.25, -0.2) is 8.42 Å². The molecule has 0 aliphatic carbocycles. The summed E-state index contributed by atoms with van der Waals surface area (Å²) in [5, 5.41) is 5.39. The van der Waals surface area contributed by atoms with Crippen molar-refractivity contribution in [3.05, 3.63) is 53.6 Å². The zero-order valence-electron chi connectivity index (χ0n) is 15.3. The molecule has 1 aliphatic rings. The molecule has 0 spiro atoms. The van der Waals surface area contributed by atoms with E-state index in [1.165, 1.54) is 19.2 Å². The lowest BCUT2D eigenvalue weighted by Gasteiger charge is -2.17. The first-order valence-corrected chi connectivity index (χ1v) is 9.90. The molecule has 2 N–H and O–H groups in total. The number of sulfonamides is 1. The van der Waals surface area contributed by atoms with E-state index in [2.05, 4.69) is 10.6 Å². The van der Waals surface area contributed by atoms with Gasteiger partial charge in [0.05, 0.1) is 17.4 Å². The third-order valence-electron chi connectivity index (χ3n) is 4.55. The first-order valence-electron chi connectivity index (χ1n) is 8.46. The van der Waals surface area contributed by atoms with Crippen LogP contribution < -0.4 is 10.6 Å². The second-order valence-electron chi connectivity index (χ2n) is 6.64. The maximum atomic E-state index is 12.8. The van der Waals surface area contributed by atoms with Gasteiger partial charge in [-0.05, 0) is 49.7 Å². The predicted octanol–water partition coefficient (Wildman–Crippen LogP) is 2.31. The van der Waals surface area contributed by atoms with Gasteiger partial charge in [0.1, 0.15) is 0 Å². The van der Waals surface area contributed by atoms with Crippen LogP contribution in [0.4, 0.5) is 11.4 Å². The van der Waals surface area contributed by atoms with E-state index in [9.17, 15) is 18.0 Å². The Balaban J connectivity index is 1.74. The smallest absolute Gasteiger partial charge is 0.243 e. The summed E-state index contributed by atoms with van der Waals surface area (Å²) in [5.41, 5.74) is 2.92. The molecule has 0 fully saturated rings. The van der Waals surface area contributed by atoms with Gasteiger partial charge < -0.3 is 10.6 Å². The van der Waals surface area contributed by atoms with Crippen molar-refractivity contribution >= 4 is 33.2 Å². The standard InChI is InChI=1S/C19H21N3O4S/c1-12-4-6-14(7-5-12)20-18(23)11-22(3)27(25,26)15-8-9-17-16(10-15)13(2)19(24)21-17/h4-10,13H,11H2,1-3H3,(H,20,23)(H,21,24)/t13-/m0/s1. The van der Waals surface area contributed by atoms with Crippen LogP contribution in [0.2, 0.25) is 0 Å². The van der Waals surface area contributed by atoms with Crippen LogP contribution in [0.1, 0.15) is 24.0 Å². The number of nitrogens with zero attached hydrogens (tertiary/aromatic N) is 1. The minimum absolute atomic E-state index is 0.0511. The number of anilines is 2. The van der Waals surface area contributed by atoms with Gasteiger partial charge in [0.25, 0.3) is 0 Å². The highest BCUT2D eigenvalue weighted by molar-refractivity contribution is 7.89. The van der Waals surface area contributed by atoms with Crippen molar-refractivity contribution in [2.75, 3.05) is 24.2 Å². The highest BCUT2D eigenvalue weighted by Crippen LogP contribution is 2.34. The van der Waals surface area contributed by atoms with E-state index in [1.807, 2.05) is 19.1 Å². The number of hydrogen-bond donors (Lipinski definition) is 2. The van der Waals surface area contributed by atoms with E-state index in [-0.39, 0.29) is 17.3 Å². The van der Waals surface area contributed by atoms with Crippen LogP contribution in [-0.4, -0.2) is 38.1 Å². The Morgan fingerprint density at radius 2 is 1.85 bits per heavy atom. The second kappa shape index (κ2) is 7.13. The Bertz CT molecular complexity index is 1000. The Hall–Kier alpha value is -2.71. The summed E-state index contributed by atoms with van der Waals surface area (Å²) in [4.78, 5) is 24.0. The predicted molar refractivity (Wildman–Crippen MR) is 103 cm³/mol. The number of likely N-dealkylation sites (N-methyl/N-ethyl adjacent to an activating group) is 1. The van der Waals surface area contributed by atoms with E-state index in [1.54, 1.807) is 25.1 Å². The van der Waals surface area contributed by atoms with Gasteiger partial charge in [-0.15, -0.1) is 0 Å². The van der Waals surface area contributed by atoms with Crippen LogP contribution in [0.15, 0.2) is 47.4 Å². The average Bonchev–Trinajstić information content (AvgIpc) is 2.90. The SMILES string of the molecule is Cc1ccc(NC(=O)CN(C)S(=O)(=O)c2ccc3c(c2)[C@H](C)C(=O)N3)cc1. The highest BCUT2D eigenvalue weighted by Gasteiger charge is 2.30. The molecule has 0 saturated heterocycles. The van der Waals surface area contributed by atoms with E-state index >= 15 is 0 Å². The van der Waals surface area contributed by atoms with Crippen LogP contribution in [0.5, 0.6) is 0 Å². The molecule has 27 heavy (non-hydrogen) atoms. The average molecular weight is 387 g/mol. The van der Waals surface area contributed by atoms with Crippen LogP contribution >= 0.6 is 0 Å². The van der Waals surface area contributed by atoms with Crippen molar-refractivity contribution in [2.24, 2.45) is 0 Å². The fourth-order valence-electron chi connectivity index (χ4n) is 2.86. The summed E-state index contributed by atoms with van der Waals surface area (Å²) in [7, 11) is -2.51. The quantitative estimate of drug-likeness (QED) is 0.823. The lowest BCUT2D eigenvalue weighted by atomic mass is 10.0. The van der Waals surface area contributed by atoms with Gasteiger partial charge in [0.2, 0.25) is 21.8 Å². The number of rotatable bonds is 5. The summed E-state index contributed by atoms with van der Waals surface area (Å²) in [5.74, 6) is -1.01. The molecule has 3 rings (SSSR count). The van der Waals surface area contributed by atoms with Gasteiger partial charge >= 0.3 is 0 Å². The molecule has 1 heterocycles. The second-order valence-corrected chi connectivity index (χ2v) is 8.68. The van der Waals surface area contributed by atoms with Gasteiger partial charge in [-0.3, -0.25) is 9.59 Å². The van der Waals surface area contributed by atoms with Crippen molar-refractivity contribution in [1.29, 1.82) is 0 Å². The van der Waals surface area contributed by atoms with E-state index < -0.39 is 21.8 Å². The molecule has 2 aromatic carbocycles. The van der Waals surface area contributed by atoms with E-state index in [0.717, 1.165) is 9.87 Å². The van der Waals surface area contributed by atoms with Gasteiger partial charge in [-0.2, -0.15) is 4.31 Å². The molecular weight excluding hydrogens is 366 g/mol. The first kappa shape index (κ1) is 19.1. The zero-order valence-corrected chi connectivity index (χ0v) is 16.1. The normalized spacial score (nSPS) is 16.1. The maximum Gasteiger partial charge on any atom is 0.243 e. The fourth-order valence-corrected chi connectivity index (χ4v) is 4.02. The molecule has 0 saturated carbocycles. The largest absolute Gasteiger partial charge is 0.325 e. The molecule has 8 heteroatoms. The number of hydrogen-bond acceptors (Lipinski definition) is 4. The molecule has 7 nitrogen and oxygen atoms in total. The van der Waals surface area contributed by atoms with Crippen molar-refractivity contribution < 1.29 is 18.0 Å². The monoisotopic (exact) mass is 387 g/mol. The minimum Gasteiger partial charge on any atom is -0.325 e. The van der Waals surface area contributed by atoms with Crippen LogP contribution in [-0.2, 0) is 19.6 Å². The fraction of sp³-hybridized carbons (Fsp3) is 0.263. The number of carbonyl (C=O) groups excluding carboxylic acids is 2. The Morgan fingerprint density at radius 3 is 2.52 bits per heavy atom.